The van der Waals surface area contributed by atoms with Gasteiger partial charge in [0.1, 0.15) is 0 Å². The van der Waals surface area contributed by atoms with Gasteiger partial charge in [0.15, 0.2) is 0 Å². The summed E-state index contributed by atoms with van der Waals surface area (Å²) < 4.78 is 61.7. The predicted octanol–water partition coefficient (Wildman–Crippen LogP) is 5.66. The molecule has 256 valence electrons. The number of anilines is 1. The second-order valence-corrected chi connectivity index (χ2v) is 18.7. The van der Waals surface area contributed by atoms with Crippen LogP contribution in [0.15, 0.2) is 47.4 Å². The van der Waals surface area contributed by atoms with Crippen LogP contribution in [0.25, 0.3) is 0 Å². The van der Waals surface area contributed by atoms with Crippen LogP contribution in [0.5, 0.6) is 0 Å². The van der Waals surface area contributed by atoms with Crippen LogP contribution in [0.4, 0.5) is 5.69 Å². The van der Waals surface area contributed by atoms with Crippen molar-refractivity contribution in [2.45, 2.75) is 76.8 Å². The van der Waals surface area contributed by atoms with Crippen molar-refractivity contribution in [2.24, 2.45) is 11.3 Å². The summed E-state index contributed by atoms with van der Waals surface area (Å²) in [6, 6.07) is 12.6. The van der Waals surface area contributed by atoms with Crippen molar-refractivity contribution < 1.29 is 16.8 Å². The number of nitrogens with zero attached hydrogens (tertiary/aromatic N) is 5. The van der Waals surface area contributed by atoms with Gasteiger partial charge >= 0.3 is 0 Å². The molecule has 1 saturated carbocycles. The molecule has 2 heterocycles. The lowest BCUT2D eigenvalue weighted by molar-refractivity contribution is 0.159. The van der Waals surface area contributed by atoms with Crippen LogP contribution < -0.4 is 4.90 Å². The Kier molecular flexibility index (Phi) is 11.4. The van der Waals surface area contributed by atoms with E-state index in [0.29, 0.717) is 30.6 Å². The number of sulfonamides is 1. The average molecular weight is 694 g/mol. The quantitative estimate of drug-likeness (QED) is 0.372. The second kappa shape index (κ2) is 14.8. The number of halogens is 1. The van der Waals surface area contributed by atoms with Gasteiger partial charge in [0.05, 0.1) is 4.90 Å². The first-order valence-electron chi connectivity index (χ1n) is 16.8. The van der Waals surface area contributed by atoms with Crippen molar-refractivity contribution in [2.75, 3.05) is 64.8 Å². The minimum atomic E-state index is -3.83. The Bertz CT molecular complexity index is 1540. The van der Waals surface area contributed by atoms with Gasteiger partial charge in [-0.05, 0) is 97.6 Å². The highest BCUT2D eigenvalue weighted by molar-refractivity contribution is 7.89. The molecule has 5 rings (SSSR count). The highest BCUT2D eigenvalue weighted by Gasteiger charge is 2.39. The van der Waals surface area contributed by atoms with Gasteiger partial charge in [-0.1, -0.05) is 50.8 Å². The van der Waals surface area contributed by atoms with Crippen LogP contribution in [-0.2, 0) is 33.3 Å². The van der Waals surface area contributed by atoms with Gasteiger partial charge in [0, 0.05) is 70.6 Å². The van der Waals surface area contributed by atoms with Gasteiger partial charge in [0.2, 0.25) is 10.0 Å². The van der Waals surface area contributed by atoms with Crippen LogP contribution in [0.2, 0.25) is 5.02 Å². The van der Waals surface area contributed by atoms with Gasteiger partial charge < -0.3 is 9.80 Å². The average Bonchev–Trinajstić information content (AvgIpc) is 3.44. The van der Waals surface area contributed by atoms with E-state index in [0.717, 1.165) is 49.3 Å². The Morgan fingerprint density at radius 1 is 0.761 bits per heavy atom. The molecule has 0 aromatic heterocycles. The predicted molar refractivity (Wildman–Crippen MR) is 187 cm³/mol. The van der Waals surface area contributed by atoms with Crippen molar-refractivity contribution in [1.29, 1.82) is 0 Å². The number of hydrogen-bond donors (Lipinski definition) is 0. The van der Waals surface area contributed by atoms with E-state index in [1.165, 1.54) is 36.4 Å². The maximum atomic E-state index is 14.3. The Balaban J connectivity index is 1.42. The zero-order valence-corrected chi connectivity index (χ0v) is 30.4. The van der Waals surface area contributed by atoms with E-state index >= 15 is 0 Å². The summed E-state index contributed by atoms with van der Waals surface area (Å²) >= 11 is 6.23. The van der Waals surface area contributed by atoms with E-state index in [4.69, 9.17) is 11.6 Å². The zero-order valence-electron chi connectivity index (χ0n) is 28.0. The number of hydrogen-bond acceptors (Lipinski definition) is 6. The fourth-order valence-corrected chi connectivity index (χ4v) is 10.9. The molecule has 1 aliphatic carbocycles. The van der Waals surface area contributed by atoms with Crippen LogP contribution in [0, 0.1) is 11.3 Å². The minimum absolute atomic E-state index is 0.218. The molecule has 0 N–H and O–H groups in total. The van der Waals surface area contributed by atoms with Crippen molar-refractivity contribution in [3.63, 3.8) is 0 Å². The molecule has 0 unspecified atom stereocenters. The van der Waals surface area contributed by atoms with E-state index in [-0.39, 0.29) is 24.5 Å². The molecule has 0 radical (unpaired) electrons. The second-order valence-electron chi connectivity index (χ2n) is 14.4. The fourth-order valence-electron chi connectivity index (χ4n) is 7.26. The Morgan fingerprint density at radius 2 is 1.37 bits per heavy atom. The SMILES string of the molecule is CN(C)c1ccc(S(=O)(=O)N2CCCN(CC3CCCCC3)CCCN(S(=O)(=O)N3Cc4ccc(Cl)cc4C3)CC(C)(C)C2)cc1. The fraction of sp³-hybridized carbons (Fsp3) is 0.647. The van der Waals surface area contributed by atoms with Crippen LogP contribution >= 0.6 is 11.6 Å². The van der Waals surface area contributed by atoms with Crippen molar-refractivity contribution in [3.8, 4) is 0 Å². The Morgan fingerprint density at radius 3 is 2.02 bits per heavy atom. The monoisotopic (exact) mass is 693 g/mol. The summed E-state index contributed by atoms with van der Waals surface area (Å²) in [5, 5.41) is 0.598. The molecule has 0 bridgehead atoms. The smallest absolute Gasteiger partial charge is 0.282 e. The van der Waals surface area contributed by atoms with Gasteiger partial charge in [-0.2, -0.15) is 21.3 Å². The number of fused-ring (bicyclic) bond motifs is 1. The molecule has 9 nitrogen and oxygen atoms in total. The van der Waals surface area contributed by atoms with Gasteiger partial charge in [-0.15, -0.1) is 0 Å². The molecule has 2 aromatic rings. The Hall–Kier alpha value is -1.73. The summed E-state index contributed by atoms with van der Waals surface area (Å²) in [6.45, 7) is 8.33. The number of rotatable bonds is 7. The maximum absolute atomic E-state index is 14.3. The lowest BCUT2D eigenvalue weighted by atomic mass is 9.89. The van der Waals surface area contributed by atoms with Crippen molar-refractivity contribution >= 4 is 37.5 Å². The lowest BCUT2D eigenvalue weighted by Crippen LogP contribution is -2.50. The molecule has 12 heteroatoms. The third-order valence-corrected chi connectivity index (χ3v) is 13.7. The van der Waals surface area contributed by atoms with Gasteiger partial charge in [0.25, 0.3) is 10.2 Å². The zero-order chi connectivity index (χ0) is 33.1. The standard InChI is InChI=1S/C34H52ClN5O4S2/c1-34(2)26-38(45(41,42)33-16-14-32(15-17-33)36(3)4)20-8-18-37(23-28-10-6-5-7-11-28)19-9-21-39(27-34)46(43,44)40-24-29-12-13-31(35)22-30(29)25-40/h12-17,22,28H,5-11,18-21,23-27H2,1-4H3. The Labute approximate surface area is 282 Å². The van der Waals surface area contributed by atoms with E-state index in [1.54, 1.807) is 26.8 Å². The lowest BCUT2D eigenvalue weighted by Gasteiger charge is -2.38. The first-order chi connectivity index (χ1) is 21.7. The minimum Gasteiger partial charge on any atom is -0.378 e. The first kappa shape index (κ1) is 35.6. The van der Waals surface area contributed by atoms with Crippen LogP contribution in [-0.4, -0.2) is 94.6 Å². The van der Waals surface area contributed by atoms with Crippen LogP contribution in [0.3, 0.4) is 0 Å². The molecule has 3 aliphatic rings. The molecule has 2 aliphatic heterocycles. The summed E-state index contributed by atoms with van der Waals surface area (Å²) in [7, 11) is -3.79. The van der Waals surface area contributed by atoms with Gasteiger partial charge in [-0.25, -0.2) is 8.42 Å². The highest BCUT2D eigenvalue weighted by Crippen LogP contribution is 2.32. The molecule has 46 heavy (non-hydrogen) atoms. The molecular formula is C34H52ClN5O4S2. The third-order valence-electron chi connectivity index (χ3n) is 9.72. The largest absolute Gasteiger partial charge is 0.378 e. The first-order valence-corrected chi connectivity index (χ1v) is 20.0. The number of benzene rings is 2. The molecule has 2 fully saturated rings. The summed E-state index contributed by atoms with van der Waals surface area (Å²) in [5.41, 5.74) is 2.19. The van der Waals surface area contributed by atoms with Crippen molar-refractivity contribution in [1.82, 2.24) is 17.8 Å². The molecule has 1 saturated heterocycles. The maximum Gasteiger partial charge on any atom is 0.282 e. The molecule has 2 aromatic carbocycles. The third kappa shape index (κ3) is 8.64. The van der Waals surface area contributed by atoms with E-state index in [2.05, 4.69) is 4.90 Å². The van der Waals surface area contributed by atoms with E-state index in [1.807, 2.05) is 57.1 Å². The summed E-state index contributed by atoms with van der Waals surface area (Å²) in [4.78, 5) is 4.66. The molecule has 0 amide bonds. The molecule has 0 atom stereocenters. The normalized spacial score (nSPS) is 22.2. The van der Waals surface area contributed by atoms with Crippen molar-refractivity contribution in [3.05, 3.63) is 58.6 Å². The topological polar surface area (TPSA) is 84.5 Å². The van der Waals surface area contributed by atoms with Gasteiger partial charge in [-0.3, -0.25) is 0 Å². The highest BCUT2D eigenvalue weighted by atomic mass is 35.5. The summed E-state index contributed by atoms with van der Waals surface area (Å²) in [6.07, 6.45) is 7.75. The van der Waals surface area contributed by atoms with Crippen LogP contribution in [0.1, 0.15) is 69.9 Å². The van der Waals surface area contributed by atoms with E-state index < -0.39 is 25.6 Å². The van der Waals surface area contributed by atoms with E-state index in [9.17, 15) is 16.8 Å². The molecule has 0 spiro atoms. The molecular weight excluding hydrogens is 642 g/mol. The summed E-state index contributed by atoms with van der Waals surface area (Å²) in [5.74, 6) is 0.644.